The molecule has 0 fully saturated rings. The Morgan fingerprint density at radius 2 is 2.00 bits per heavy atom. The number of anilines is 1. The fraction of sp³-hybridized carbons (Fsp3) is 0.308. The first-order valence-electron chi connectivity index (χ1n) is 5.45. The second-order valence-corrected chi connectivity index (χ2v) is 3.52. The molecule has 1 rings (SSSR count). The zero-order valence-electron chi connectivity index (χ0n) is 10.3. The van der Waals surface area contributed by atoms with Crippen molar-refractivity contribution in [1.29, 1.82) is 0 Å². The molecule has 4 heteroatoms. The summed E-state index contributed by atoms with van der Waals surface area (Å²) in [5.74, 6) is 0.381. The summed E-state index contributed by atoms with van der Waals surface area (Å²) in [6.07, 6.45) is 2.63. The number of nitrogens with one attached hydrogen (secondary N) is 1. The molecule has 1 aromatic carbocycles. The summed E-state index contributed by atoms with van der Waals surface area (Å²) >= 11 is 0. The molecule has 0 heterocycles. The minimum absolute atomic E-state index is 0.373. The van der Waals surface area contributed by atoms with Gasteiger partial charge in [0, 0.05) is 5.57 Å². The van der Waals surface area contributed by atoms with E-state index in [1.54, 1.807) is 38.3 Å². The molecule has 0 amide bonds. The fourth-order valence-corrected chi connectivity index (χ4v) is 1.23. The zero-order valence-corrected chi connectivity index (χ0v) is 10.3. The summed E-state index contributed by atoms with van der Waals surface area (Å²) in [4.78, 5) is 16.4. The highest BCUT2D eigenvalue weighted by atomic mass is 16.7. The lowest BCUT2D eigenvalue weighted by atomic mass is 10.2. The Kier molecular flexibility index (Phi) is 5.07. The Bertz CT molecular complexity index is 396. The van der Waals surface area contributed by atoms with Crippen LogP contribution in [0.2, 0.25) is 0 Å². The van der Waals surface area contributed by atoms with Crippen molar-refractivity contribution in [2.45, 2.75) is 20.3 Å². The molecule has 0 unspecified atom stereocenters. The van der Waals surface area contributed by atoms with Crippen LogP contribution in [-0.2, 0) is 9.63 Å². The van der Waals surface area contributed by atoms with Crippen LogP contribution in [0.3, 0.4) is 0 Å². The van der Waals surface area contributed by atoms with Gasteiger partial charge in [-0.25, -0.2) is 10.3 Å². The maximum atomic E-state index is 11.5. The molecule has 1 aromatic rings. The minimum atomic E-state index is -0.373. The number of allylic oxidation sites excluding steroid dienone is 1. The summed E-state index contributed by atoms with van der Waals surface area (Å²) < 4.78 is 5.02. The molecule has 0 atom stereocenters. The number of carbonyl (C=O) groups is 1. The molecule has 0 spiro atoms. The van der Waals surface area contributed by atoms with E-state index in [2.05, 4.69) is 5.48 Å². The van der Waals surface area contributed by atoms with Gasteiger partial charge in [-0.3, -0.25) is 0 Å². The van der Waals surface area contributed by atoms with E-state index >= 15 is 0 Å². The first kappa shape index (κ1) is 13.1. The van der Waals surface area contributed by atoms with Crippen molar-refractivity contribution < 1.29 is 14.4 Å². The van der Waals surface area contributed by atoms with Gasteiger partial charge >= 0.3 is 5.97 Å². The molecular formula is C13H17NO3. The fourth-order valence-electron chi connectivity index (χ4n) is 1.23. The molecule has 0 saturated carbocycles. The molecule has 0 radical (unpaired) electrons. The summed E-state index contributed by atoms with van der Waals surface area (Å²) in [6.45, 7) is 3.69. The van der Waals surface area contributed by atoms with Crippen LogP contribution >= 0.6 is 0 Å². The third-order valence-corrected chi connectivity index (χ3v) is 2.18. The van der Waals surface area contributed by atoms with Crippen molar-refractivity contribution in [3.63, 3.8) is 0 Å². The van der Waals surface area contributed by atoms with Crippen LogP contribution in [0.4, 0.5) is 5.69 Å². The predicted octanol–water partition coefficient (Wildman–Crippen LogP) is 2.92. The summed E-state index contributed by atoms with van der Waals surface area (Å²) in [5, 5.41) is 0. The third-order valence-electron chi connectivity index (χ3n) is 2.18. The average molecular weight is 235 g/mol. The Labute approximate surface area is 101 Å². The summed E-state index contributed by atoms with van der Waals surface area (Å²) in [7, 11) is 1.60. The van der Waals surface area contributed by atoms with E-state index in [1.807, 2.05) is 13.0 Å². The number of methoxy groups -OCH3 is 1. The number of benzene rings is 1. The van der Waals surface area contributed by atoms with Crippen LogP contribution in [0, 0.1) is 0 Å². The molecule has 0 bridgehead atoms. The first-order valence-corrected chi connectivity index (χ1v) is 5.45. The second kappa shape index (κ2) is 6.58. The highest BCUT2D eigenvalue weighted by molar-refractivity contribution is 5.88. The zero-order chi connectivity index (χ0) is 12.7. The van der Waals surface area contributed by atoms with E-state index < -0.39 is 0 Å². The predicted molar refractivity (Wildman–Crippen MR) is 66.8 cm³/mol. The van der Waals surface area contributed by atoms with Crippen LogP contribution in [0.15, 0.2) is 35.9 Å². The Morgan fingerprint density at radius 1 is 1.35 bits per heavy atom. The molecule has 0 aromatic heterocycles. The Hall–Kier alpha value is -1.97. The standard InChI is InChI=1S/C13H17NO3/c1-4-5-10(2)13(15)17-14-11-6-8-12(16-3)9-7-11/h5-9,14H,4H2,1-3H3. The highest BCUT2D eigenvalue weighted by Gasteiger charge is 2.05. The number of hydrogen-bond acceptors (Lipinski definition) is 4. The molecule has 1 N–H and O–H groups in total. The summed E-state index contributed by atoms with van der Waals surface area (Å²) in [5.41, 5.74) is 3.88. The van der Waals surface area contributed by atoms with Crippen LogP contribution in [0.25, 0.3) is 0 Å². The van der Waals surface area contributed by atoms with Gasteiger partial charge in [0.25, 0.3) is 0 Å². The first-order chi connectivity index (χ1) is 8.17. The smallest absolute Gasteiger partial charge is 0.358 e. The lowest BCUT2D eigenvalue weighted by Gasteiger charge is -2.07. The van der Waals surface area contributed by atoms with Gasteiger partial charge in [0.2, 0.25) is 0 Å². The van der Waals surface area contributed by atoms with Gasteiger partial charge in [0.15, 0.2) is 0 Å². The normalized spacial score (nSPS) is 10.9. The molecule has 17 heavy (non-hydrogen) atoms. The van der Waals surface area contributed by atoms with Gasteiger partial charge in [-0.2, -0.15) is 0 Å². The minimum Gasteiger partial charge on any atom is -0.497 e. The topological polar surface area (TPSA) is 47.6 Å². The molecule has 0 aliphatic carbocycles. The molecular weight excluding hydrogens is 218 g/mol. The van der Waals surface area contributed by atoms with Crippen LogP contribution in [0.5, 0.6) is 5.75 Å². The van der Waals surface area contributed by atoms with E-state index in [0.29, 0.717) is 11.3 Å². The van der Waals surface area contributed by atoms with E-state index in [1.165, 1.54) is 0 Å². The van der Waals surface area contributed by atoms with Gasteiger partial charge in [0.1, 0.15) is 5.75 Å². The van der Waals surface area contributed by atoms with Crippen molar-refractivity contribution in [2.24, 2.45) is 0 Å². The number of rotatable bonds is 5. The lowest BCUT2D eigenvalue weighted by molar-refractivity contribution is -0.136. The molecule has 92 valence electrons. The second-order valence-electron chi connectivity index (χ2n) is 3.52. The van der Waals surface area contributed by atoms with Crippen LogP contribution < -0.4 is 10.2 Å². The highest BCUT2D eigenvalue weighted by Crippen LogP contribution is 2.15. The lowest BCUT2D eigenvalue weighted by Crippen LogP contribution is -2.11. The number of carbonyl (C=O) groups excluding carboxylic acids is 1. The van der Waals surface area contributed by atoms with Crippen LogP contribution in [0.1, 0.15) is 20.3 Å². The van der Waals surface area contributed by atoms with Crippen molar-refractivity contribution in [3.8, 4) is 5.75 Å². The number of hydrogen-bond donors (Lipinski definition) is 1. The van der Waals surface area contributed by atoms with Crippen molar-refractivity contribution in [1.82, 2.24) is 0 Å². The summed E-state index contributed by atoms with van der Waals surface area (Å²) in [6, 6.07) is 7.10. The Balaban J connectivity index is 2.50. The van der Waals surface area contributed by atoms with Gasteiger partial charge in [0.05, 0.1) is 12.8 Å². The van der Waals surface area contributed by atoms with E-state index in [4.69, 9.17) is 9.57 Å². The van der Waals surface area contributed by atoms with Crippen molar-refractivity contribution in [3.05, 3.63) is 35.9 Å². The maximum absolute atomic E-state index is 11.5. The molecule has 4 nitrogen and oxygen atoms in total. The quantitative estimate of drug-likeness (QED) is 0.629. The Morgan fingerprint density at radius 3 is 2.53 bits per heavy atom. The SMILES string of the molecule is CCC=C(C)C(=O)ONc1ccc(OC)cc1. The van der Waals surface area contributed by atoms with Crippen molar-refractivity contribution in [2.75, 3.05) is 12.6 Å². The van der Waals surface area contributed by atoms with Gasteiger partial charge < -0.3 is 9.57 Å². The molecule has 0 aliphatic rings. The van der Waals surface area contributed by atoms with E-state index in [9.17, 15) is 4.79 Å². The van der Waals surface area contributed by atoms with E-state index in [-0.39, 0.29) is 5.97 Å². The largest absolute Gasteiger partial charge is 0.497 e. The van der Waals surface area contributed by atoms with Crippen molar-refractivity contribution >= 4 is 11.7 Å². The molecule has 0 saturated heterocycles. The van der Waals surface area contributed by atoms with Gasteiger partial charge in [-0.1, -0.05) is 13.0 Å². The third kappa shape index (κ3) is 4.18. The van der Waals surface area contributed by atoms with Gasteiger partial charge in [-0.05, 0) is 37.6 Å². The monoisotopic (exact) mass is 235 g/mol. The molecule has 0 aliphatic heterocycles. The maximum Gasteiger partial charge on any atom is 0.358 e. The van der Waals surface area contributed by atoms with E-state index in [0.717, 1.165) is 12.2 Å². The van der Waals surface area contributed by atoms with Crippen LogP contribution in [-0.4, -0.2) is 13.1 Å². The average Bonchev–Trinajstić information content (AvgIpc) is 2.36. The number of ether oxygens (including phenoxy) is 1. The van der Waals surface area contributed by atoms with Gasteiger partial charge in [-0.15, -0.1) is 0 Å².